The molecule has 3 rings (SSSR count). The zero-order valence-electron chi connectivity index (χ0n) is 11.8. The lowest BCUT2D eigenvalue weighted by Crippen LogP contribution is -2.30. The van der Waals surface area contributed by atoms with Crippen LogP contribution in [0.5, 0.6) is 0 Å². The first-order valence-electron chi connectivity index (χ1n) is 7.00. The molecule has 5 heteroatoms. The number of nitrogens with zero attached hydrogens (tertiary/aromatic N) is 1. The second-order valence-electron chi connectivity index (χ2n) is 4.97. The highest BCUT2D eigenvalue weighted by atomic mass is 32.2. The zero-order valence-corrected chi connectivity index (χ0v) is 12.6. The van der Waals surface area contributed by atoms with Crippen molar-refractivity contribution in [2.75, 3.05) is 12.3 Å². The molecule has 0 radical (unpaired) electrons. The normalized spacial score (nSPS) is 13.6. The number of halogens is 1. The van der Waals surface area contributed by atoms with Crippen molar-refractivity contribution in [2.45, 2.75) is 11.3 Å². The number of carbonyl (C=O) groups excluding carboxylic acids is 2. The SMILES string of the molecule is O=C1c2ccccc2C(=O)N1CCCSc1cccc(F)c1. The van der Waals surface area contributed by atoms with Gasteiger partial charge in [-0.2, -0.15) is 0 Å². The molecule has 2 aromatic carbocycles. The average molecular weight is 315 g/mol. The van der Waals surface area contributed by atoms with Crippen molar-refractivity contribution in [3.63, 3.8) is 0 Å². The molecule has 0 aromatic heterocycles. The molecule has 2 aromatic rings. The van der Waals surface area contributed by atoms with Gasteiger partial charge in [-0.25, -0.2) is 4.39 Å². The number of fused-ring (bicyclic) bond motifs is 1. The Bertz CT molecular complexity index is 697. The summed E-state index contributed by atoms with van der Waals surface area (Å²) in [5.74, 6) is 0.00898. The number of thioether (sulfide) groups is 1. The van der Waals surface area contributed by atoms with Crippen molar-refractivity contribution >= 4 is 23.6 Å². The Morgan fingerprint density at radius 2 is 1.64 bits per heavy atom. The van der Waals surface area contributed by atoms with Gasteiger partial charge < -0.3 is 0 Å². The van der Waals surface area contributed by atoms with Gasteiger partial charge in [-0.1, -0.05) is 18.2 Å². The fraction of sp³-hybridized carbons (Fsp3) is 0.176. The molecule has 3 nitrogen and oxygen atoms in total. The van der Waals surface area contributed by atoms with Crippen LogP contribution in [0.3, 0.4) is 0 Å². The van der Waals surface area contributed by atoms with Crippen LogP contribution in [0, 0.1) is 5.82 Å². The van der Waals surface area contributed by atoms with E-state index in [1.165, 1.54) is 28.8 Å². The van der Waals surface area contributed by atoms with Gasteiger partial charge in [0.1, 0.15) is 5.82 Å². The summed E-state index contributed by atoms with van der Waals surface area (Å²) in [6.07, 6.45) is 0.673. The summed E-state index contributed by atoms with van der Waals surface area (Å²) >= 11 is 1.52. The maximum Gasteiger partial charge on any atom is 0.261 e. The molecule has 22 heavy (non-hydrogen) atoms. The molecule has 1 aliphatic rings. The number of hydrogen-bond acceptors (Lipinski definition) is 3. The molecule has 0 atom stereocenters. The predicted octanol–water partition coefficient (Wildman–Crippen LogP) is 3.60. The highest BCUT2D eigenvalue weighted by Gasteiger charge is 2.34. The van der Waals surface area contributed by atoms with Gasteiger partial charge in [-0.05, 0) is 42.5 Å². The first-order chi connectivity index (χ1) is 10.7. The lowest BCUT2D eigenvalue weighted by molar-refractivity contribution is 0.0655. The van der Waals surface area contributed by atoms with Crippen LogP contribution in [0.25, 0.3) is 0 Å². The van der Waals surface area contributed by atoms with Crippen molar-refractivity contribution in [1.82, 2.24) is 4.90 Å². The van der Waals surface area contributed by atoms with E-state index >= 15 is 0 Å². The summed E-state index contributed by atoms with van der Waals surface area (Å²) in [4.78, 5) is 26.5. The Morgan fingerprint density at radius 3 is 2.27 bits per heavy atom. The number of amides is 2. The van der Waals surface area contributed by atoms with Crippen LogP contribution in [0.4, 0.5) is 4.39 Å². The smallest absolute Gasteiger partial charge is 0.261 e. The maximum atomic E-state index is 13.1. The van der Waals surface area contributed by atoms with E-state index in [1.54, 1.807) is 30.3 Å². The molecule has 0 fully saturated rings. The minimum Gasteiger partial charge on any atom is -0.274 e. The average Bonchev–Trinajstić information content (AvgIpc) is 2.77. The summed E-state index contributed by atoms with van der Waals surface area (Å²) in [6, 6.07) is 13.3. The van der Waals surface area contributed by atoms with Gasteiger partial charge in [0.05, 0.1) is 11.1 Å². The Kier molecular flexibility index (Phi) is 4.24. The van der Waals surface area contributed by atoms with E-state index in [2.05, 4.69) is 0 Å². The van der Waals surface area contributed by atoms with Gasteiger partial charge in [0.25, 0.3) is 11.8 Å². The Labute approximate surface area is 132 Å². The van der Waals surface area contributed by atoms with Crippen LogP contribution < -0.4 is 0 Å². The third-order valence-corrected chi connectivity index (χ3v) is 4.55. The molecule has 2 amide bonds. The third-order valence-electron chi connectivity index (χ3n) is 3.47. The fourth-order valence-electron chi connectivity index (χ4n) is 2.41. The van der Waals surface area contributed by atoms with Crippen molar-refractivity contribution < 1.29 is 14.0 Å². The Hall–Kier alpha value is -2.14. The molecule has 1 aliphatic heterocycles. The fourth-order valence-corrected chi connectivity index (χ4v) is 3.29. The number of carbonyl (C=O) groups is 2. The van der Waals surface area contributed by atoms with Gasteiger partial charge in [0.15, 0.2) is 0 Å². The van der Waals surface area contributed by atoms with Gasteiger partial charge in [-0.15, -0.1) is 11.8 Å². The van der Waals surface area contributed by atoms with E-state index in [4.69, 9.17) is 0 Å². The Morgan fingerprint density at radius 1 is 0.955 bits per heavy atom. The molecule has 112 valence electrons. The van der Waals surface area contributed by atoms with Crippen LogP contribution in [-0.2, 0) is 0 Å². The first kappa shape index (κ1) is 14.8. The number of benzene rings is 2. The standard InChI is InChI=1S/C17H14FNO2S/c18-12-5-3-6-13(11-12)22-10-4-9-19-16(20)14-7-1-2-8-15(14)17(19)21/h1-3,5-8,11H,4,9-10H2. The molecule has 1 heterocycles. The monoisotopic (exact) mass is 315 g/mol. The van der Waals surface area contributed by atoms with Gasteiger partial charge in [0.2, 0.25) is 0 Å². The molecule has 0 saturated heterocycles. The highest BCUT2D eigenvalue weighted by molar-refractivity contribution is 7.99. The molecule has 0 spiro atoms. The van der Waals surface area contributed by atoms with Crippen molar-refractivity contribution in [3.8, 4) is 0 Å². The first-order valence-corrected chi connectivity index (χ1v) is 7.99. The van der Waals surface area contributed by atoms with Crippen LogP contribution in [0.2, 0.25) is 0 Å². The lowest BCUT2D eigenvalue weighted by Gasteiger charge is -2.13. The van der Waals surface area contributed by atoms with Gasteiger partial charge >= 0.3 is 0 Å². The second kappa shape index (κ2) is 6.32. The summed E-state index contributed by atoms with van der Waals surface area (Å²) < 4.78 is 13.1. The van der Waals surface area contributed by atoms with E-state index in [9.17, 15) is 14.0 Å². The summed E-state index contributed by atoms with van der Waals surface area (Å²) in [7, 11) is 0. The van der Waals surface area contributed by atoms with E-state index in [1.807, 2.05) is 6.07 Å². The molecule has 0 bridgehead atoms. The topological polar surface area (TPSA) is 37.4 Å². The largest absolute Gasteiger partial charge is 0.274 e. The van der Waals surface area contributed by atoms with Crippen LogP contribution in [0.15, 0.2) is 53.4 Å². The second-order valence-corrected chi connectivity index (χ2v) is 6.14. The molecular weight excluding hydrogens is 301 g/mol. The summed E-state index contributed by atoms with van der Waals surface area (Å²) in [5.41, 5.74) is 0.954. The minimum absolute atomic E-state index is 0.226. The van der Waals surface area contributed by atoms with E-state index in [0.29, 0.717) is 24.1 Å². The van der Waals surface area contributed by atoms with Gasteiger partial charge in [0, 0.05) is 11.4 Å². The number of rotatable bonds is 5. The van der Waals surface area contributed by atoms with E-state index < -0.39 is 0 Å². The van der Waals surface area contributed by atoms with Crippen molar-refractivity contribution in [1.29, 1.82) is 0 Å². The quantitative estimate of drug-likeness (QED) is 0.480. The van der Waals surface area contributed by atoms with Crippen molar-refractivity contribution in [2.24, 2.45) is 0 Å². The molecule has 0 saturated carbocycles. The third kappa shape index (κ3) is 2.90. The van der Waals surface area contributed by atoms with Crippen LogP contribution in [0.1, 0.15) is 27.1 Å². The summed E-state index contributed by atoms with van der Waals surface area (Å²) in [5, 5.41) is 0. The number of imide groups is 1. The minimum atomic E-state index is -0.259. The molecule has 0 unspecified atom stereocenters. The number of hydrogen-bond donors (Lipinski definition) is 0. The summed E-state index contributed by atoms with van der Waals surface area (Å²) in [6.45, 7) is 0.384. The lowest BCUT2D eigenvalue weighted by atomic mass is 10.1. The predicted molar refractivity (Wildman–Crippen MR) is 83.6 cm³/mol. The van der Waals surface area contributed by atoms with Crippen LogP contribution in [-0.4, -0.2) is 29.0 Å². The van der Waals surface area contributed by atoms with Gasteiger partial charge in [-0.3, -0.25) is 14.5 Å². The van der Waals surface area contributed by atoms with E-state index in [-0.39, 0.29) is 17.6 Å². The van der Waals surface area contributed by atoms with Crippen molar-refractivity contribution in [3.05, 3.63) is 65.5 Å². The van der Waals surface area contributed by atoms with Crippen LogP contribution >= 0.6 is 11.8 Å². The molecular formula is C17H14FNO2S. The Balaban J connectivity index is 1.55. The molecule has 0 N–H and O–H groups in total. The molecule has 0 aliphatic carbocycles. The van der Waals surface area contributed by atoms with E-state index in [0.717, 1.165) is 10.6 Å². The zero-order chi connectivity index (χ0) is 15.5. The maximum absolute atomic E-state index is 13.1. The highest BCUT2D eigenvalue weighted by Crippen LogP contribution is 2.24.